The van der Waals surface area contributed by atoms with Crippen LogP contribution in [0.1, 0.15) is 36.9 Å². The second kappa shape index (κ2) is 6.91. The van der Waals surface area contributed by atoms with E-state index in [9.17, 15) is 4.79 Å². The number of primary amides is 1. The number of methoxy groups -OCH3 is 1. The van der Waals surface area contributed by atoms with Crippen molar-refractivity contribution in [1.82, 2.24) is 0 Å². The van der Waals surface area contributed by atoms with Crippen molar-refractivity contribution < 1.29 is 9.53 Å². The molecule has 0 saturated carbocycles. The van der Waals surface area contributed by atoms with Gasteiger partial charge in [-0.05, 0) is 37.0 Å². The lowest BCUT2D eigenvalue weighted by molar-refractivity contribution is -0.118. The minimum atomic E-state index is -0.295. The highest BCUT2D eigenvalue weighted by atomic mass is 79.9. The highest BCUT2D eigenvalue weighted by Gasteiger charge is 2.17. The molecule has 0 spiro atoms. The Balaban J connectivity index is 2.89. The van der Waals surface area contributed by atoms with Crippen LogP contribution in [0.2, 0.25) is 0 Å². The van der Waals surface area contributed by atoms with Gasteiger partial charge >= 0.3 is 0 Å². The van der Waals surface area contributed by atoms with Gasteiger partial charge in [-0.15, -0.1) is 0 Å². The average molecular weight is 329 g/mol. The third-order valence-electron chi connectivity index (χ3n) is 3.12. The van der Waals surface area contributed by atoms with Crippen LogP contribution < -0.4 is 16.2 Å². The maximum Gasteiger partial charge on any atom is 0.217 e. The number of hydrogen-bond donors (Lipinski definition) is 2. The summed E-state index contributed by atoms with van der Waals surface area (Å²) in [6.07, 6.45) is 1.04. The summed E-state index contributed by atoms with van der Waals surface area (Å²) < 4.78 is 6.37. The average Bonchev–Trinajstić information content (AvgIpc) is 2.30. The maximum atomic E-state index is 10.9. The number of hydrogen-bond acceptors (Lipinski definition) is 3. The molecule has 0 heterocycles. The summed E-state index contributed by atoms with van der Waals surface area (Å²) in [5, 5.41) is 0. The fraction of sp³-hybridized carbons (Fsp3) is 0.500. The first-order valence-electron chi connectivity index (χ1n) is 6.23. The highest BCUT2D eigenvalue weighted by molar-refractivity contribution is 9.10. The third kappa shape index (κ3) is 4.51. The minimum absolute atomic E-state index is 0.150. The molecular weight excluding hydrogens is 308 g/mol. The molecule has 1 amide bonds. The smallest absolute Gasteiger partial charge is 0.217 e. The SMILES string of the molecule is COc1cc(C)c(Br)cc1C(N)CC(C)CC(N)=O. The van der Waals surface area contributed by atoms with Crippen molar-refractivity contribution in [3.05, 3.63) is 27.7 Å². The van der Waals surface area contributed by atoms with Crippen LogP contribution in [0.5, 0.6) is 5.75 Å². The zero-order valence-corrected chi connectivity index (χ0v) is 13.2. The van der Waals surface area contributed by atoms with E-state index < -0.39 is 0 Å². The second-order valence-corrected chi connectivity index (χ2v) is 5.82. The van der Waals surface area contributed by atoms with Gasteiger partial charge in [0.25, 0.3) is 0 Å². The van der Waals surface area contributed by atoms with Crippen molar-refractivity contribution in [2.24, 2.45) is 17.4 Å². The Hall–Kier alpha value is -1.07. The quantitative estimate of drug-likeness (QED) is 0.842. The topological polar surface area (TPSA) is 78.3 Å². The molecule has 0 saturated heterocycles. The van der Waals surface area contributed by atoms with E-state index in [0.717, 1.165) is 21.3 Å². The number of halogens is 1. The van der Waals surface area contributed by atoms with Crippen molar-refractivity contribution in [3.63, 3.8) is 0 Å². The van der Waals surface area contributed by atoms with Crippen molar-refractivity contribution in [1.29, 1.82) is 0 Å². The molecule has 0 fully saturated rings. The summed E-state index contributed by atoms with van der Waals surface area (Å²) in [7, 11) is 1.63. The van der Waals surface area contributed by atoms with Crippen molar-refractivity contribution in [2.45, 2.75) is 32.7 Å². The molecule has 2 atom stereocenters. The van der Waals surface area contributed by atoms with Crippen molar-refractivity contribution in [3.8, 4) is 5.75 Å². The predicted molar refractivity (Wildman–Crippen MR) is 80.0 cm³/mol. The first-order valence-corrected chi connectivity index (χ1v) is 7.02. The summed E-state index contributed by atoms with van der Waals surface area (Å²) in [6.45, 7) is 3.97. The molecule has 4 N–H and O–H groups in total. The van der Waals surface area contributed by atoms with Crippen LogP contribution in [0.25, 0.3) is 0 Å². The van der Waals surface area contributed by atoms with Crippen LogP contribution in [-0.4, -0.2) is 13.0 Å². The molecule has 4 nitrogen and oxygen atoms in total. The lowest BCUT2D eigenvalue weighted by atomic mass is 9.93. The molecular formula is C14H21BrN2O2. The van der Waals surface area contributed by atoms with E-state index in [-0.39, 0.29) is 17.9 Å². The van der Waals surface area contributed by atoms with Crippen LogP contribution in [0.4, 0.5) is 0 Å². The lowest BCUT2D eigenvalue weighted by Crippen LogP contribution is -2.20. The number of ether oxygens (including phenoxy) is 1. The third-order valence-corrected chi connectivity index (χ3v) is 3.97. The molecule has 2 unspecified atom stereocenters. The summed E-state index contributed by atoms with van der Waals surface area (Å²) in [5.41, 5.74) is 13.4. The number of rotatable bonds is 6. The second-order valence-electron chi connectivity index (χ2n) is 4.96. The molecule has 1 aromatic rings. The van der Waals surface area contributed by atoms with Crippen molar-refractivity contribution >= 4 is 21.8 Å². The molecule has 0 radical (unpaired) electrons. The first kappa shape index (κ1) is 16.0. The molecule has 106 valence electrons. The van der Waals surface area contributed by atoms with Gasteiger partial charge in [-0.1, -0.05) is 22.9 Å². The summed E-state index contributed by atoms with van der Waals surface area (Å²) in [5.74, 6) is 0.633. The van der Waals surface area contributed by atoms with Crippen LogP contribution in [0.3, 0.4) is 0 Å². The molecule has 0 aromatic heterocycles. The number of aryl methyl sites for hydroxylation is 1. The Morgan fingerprint density at radius 3 is 2.63 bits per heavy atom. The van der Waals surface area contributed by atoms with Gasteiger partial charge in [-0.3, -0.25) is 4.79 Å². The number of amides is 1. The van der Waals surface area contributed by atoms with E-state index in [4.69, 9.17) is 16.2 Å². The standard InChI is InChI=1S/C14H21BrN2O2/c1-8(5-14(17)18)4-12(16)10-7-11(15)9(2)6-13(10)19-3/h6-8,12H,4-5,16H2,1-3H3,(H2,17,18). The number of nitrogens with two attached hydrogens (primary N) is 2. The Kier molecular flexibility index (Phi) is 5.82. The molecule has 1 rings (SSSR count). The number of carbonyl (C=O) groups is 1. The zero-order chi connectivity index (χ0) is 14.6. The maximum absolute atomic E-state index is 10.9. The normalized spacial score (nSPS) is 13.9. The Morgan fingerprint density at radius 2 is 2.11 bits per heavy atom. The summed E-state index contributed by atoms with van der Waals surface area (Å²) in [4.78, 5) is 10.9. The lowest BCUT2D eigenvalue weighted by Gasteiger charge is -2.20. The summed E-state index contributed by atoms with van der Waals surface area (Å²) in [6, 6.07) is 3.76. The van der Waals surface area contributed by atoms with Crippen molar-refractivity contribution in [2.75, 3.05) is 7.11 Å². The molecule has 0 aliphatic carbocycles. The Morgan fingerprint density at radius 1 is 1.47 bits per heavy atom. The van der Waals surface area contributed by atoms with Gasteiger partial charge in [0, 0.05) is 22.5 Å². The van der Waals surface area contributed by atoms with E-state index in [2.05, 4.69) is 15.9 Å². The predicted octanol–water partition coefficient (Wildman–Crippen LogP) is 2.67. The largest absolute Gasteiger partial charge is 0.496 e. The van der Waals surface area contributed by atoms with E-state index in [1.807, 2.05) is 26.0 Å². The van der Waals surface area contributed by atoms with E-state index >= 15 is 0 Å². The number of benzene rings is 1. The van der Waals surface area contributed by atoms with Gasteiger partial charge in [-0.25, -0.2) is 0 Å². The highest BCUT2D eigenvalue weighted by Crippen LogP contribution is 2.33. The molecule has 0 aliphatic rings. The van der Waals surface area contributed by atoms with E-state index in [1.165, 1.54) is 0 Å². The van der Waals surface area contributed by atoms with Crippen LogP contribution in [0, 0.1) is 12.8 Å². The monoisotopic (exact) mass is 328 g/mol. The van der Waals surface area contributed by atoms with Gasteiger partial charge in [0.05, 0.1) is 7.11 Å². The van der Waals surface area contributed by atoms with Crippen LogP contribution in [0.15, 0.2) is 16.6 Å². The Labute approximate surface area is 122 Å². The van der Waals surface area contributed by atoms with Gasteiger partial charge < -0.3 is 16.2 Å². The van der Waals surface area contributed by atoms with Gasteiger partial charge in [-0.2, -0.15) is 0 Å². The molecule has 0 aliphatic heterocycles. The fourth-order valence-electron chi connectivity index (χ4n) is 2.12. The zero-order valence-electron chi connectivity index (χ0n) is 11.6. The van der Waals surface area contributed by atoms with E-state index in [0.29, 0.717) is 12.8 Å². The van der Waals surface area contributed by atoms with E-state index in [1.54, 1.807) is 7.11 Å². The molecule has 19 heavy (non-hydrogen) atoms. The van der Waals surface area contributed by atoms with Crippen LogP contribution in [-0.2, 0) is 4.79 Å². The molecule has 0 bridgehead atoms. The Bertz CT molecular complexity index is 463. The minimum Gasteiger partial charge on any atom is -0.496 e. The summed E-state index contributed by atoms with van der Waals surface area (Å²) >= 11 is 3.50. The number of carbonyl (C=O) groups excluding carboxylic acids is 1. The fourth-order valence-corrected chi connectivity index (χ4v) is 2.49. The first-order chi connectivity index (χ1) is 8.85. The van der Waals surface area contributed by atoms with Gasteiger partial charge in [0.1, 0.15) is 5.75 Å². The van der Waals surface area contributed by atoms with Gasteiger partial charge in [0.2, 0.25) is 5.91 Å². The molecule has 5 heteroatoms. The van der Waals surface area contributed by atoms with Crippen LogP contribution >= 0.6 is 15.9 Å². The molecule has 1 aromatic carbocycles. The van der Waals surface area contributed by atoms with Gasteiger partial charge in [0.15, 0.2) is 0 Å².